The second kappa shape index (κ2) is 10.8. The van der Waals surface area contributed by atoms with Crippen LogP contribution in [0.2, 0.25) is 0 Å². The third kappa shape index (κ3) is 6.03. The number of amides is 1. The maximum Gasteiger partial charge on any atom is 0.241 e. The van der Waals surface area contributed by atoms with Gasteiger partial charge in [-0.3, -0.25) is 14.7 Å². The van der Waals surface area contributed by atoms with Crippen LogP contribution in [0.3, 0.4) is 0 Å². The minimum absolute atomic E-state index is 0.112. The number of aliphatic hydroxyl groups excluding tert-OH is 1. The van der Waals surface area contributed by atoms with Gasteiger partial charge in [0, 0.05) is 63.0 Å². The van der Waals surface area contributed by atoms with Gasteiger partial charge in [0.1, 0.15) is 5.82 Å². The van der Waals surface area contributed by atoms with Crippen LogP contribution >= 0.6 is 0 Å². The van der Waals surface area contributed by atoms with Crippen LogP contribution in [-0.2, 0) is 16.6 Å². The van der Waals surface area contributed by atoms with Gasteiger partial charge in [-0.15, -0.1) is 0 Å². The van der Waals surface area contributed by atoms with Gasteiger partial charge in [-0.2, -0.15) is 0 Å². The number of hydrogen-bond donors (Lipinski definition) is 2. The molecule has 2 atom stereocenters. The minimum Gasteiger partial charge on any atom is -0.393 e. The van der Waals surface area contributed by atoms with Crippen molar-refractivity contribution < 1.29 is 14.3 Å². The monoisotopic (exact) mass is 509 g/mol. The summed E-state index contributed by atoms with van der Waals surface area (Å²) in [5.41, 5.74) is 3.67. The van der Waals surface area contributed by atoms with Crippen LogP contribution in [-0.4, -0.2) is 89.8 Å². The number of carbonyl (C=O) groups is 1. The average Bonchev–Trinajstić information content (AvgIpc) is 3.14. The molecule has 1 amide bonds. The molecule has 3 aliphatic rings. The molecule has 2 fully saturated rings. The van der Waals surface area contributed by atoms with E-state index in [9.17, 15) is 14.3 Å². The van der Waals surface area contributed by atoms with Crippen molar-refractivity contribution in [2.24, 2.45) is 0 Å². The third-order valence-electron chi connectivity index (χ3n) is 8.12. The number of hydrogen-bond acceptors (Lipinski definition) is 6. The molecule has 0 radical (unpaired) electrons. The minimum atomic E-state index is -0.243. The standard InChI is InChI=1S/C29H40FN5O2/c1-20-16-34(24(15-31-20)17-33-10-8-25(36)9-11-33)18-27(37)35-19-29(2,3)28-26(35)13-22(14-32-28)12-21-4-6-23(30)7-5-21/h4-7,13-14,20,24-25,31,36H,8-12,15-19H2,1-3H3/t20?,24-/m1/s1. The Kier molecular flexibility index (Phi) is 7.63. The third-order valence-corrected chi connectivity index (χ3v) is 8.12. The van der Waals surface area contributed by atoms with Crippen molar-refractivity contribution in [3.05, 3.63) is 59.2 Å². The van der Waals surface area contributed by atoms with Gasteiger partial charge in [-0.05, 0) is 55.5 Å². The first-order valence-electron chi connectivity index (χ1n) is 13.6. The van der Waals surface area contributed by atoms with Crippen molar-refractivity contribution in [2.45, 2.75) is 63.6 Å². The van der Waals surface area contributed by atoms with E-state index in [1.807, 2.05) is 11.1 Å². The zero-order valence-corrected chi connectivity index (χ0v) is 22.3. The van der Waals surface area contributed by atoms with Crippen LogP contribution in [0, 0.1) is 5.82 Å². The number of piperazine rings is 1. The lowest BCUT2D eigenvalue weighted by atomic mass is 9.91. The topological polar surface area (TPSA) is 71.9 Å². The quantitative estimate of drug-likeness (QED) is 0.624. The largest absolute Gasteiger partial charge is 0.393 e. The van der Waals surface area contributed by atoms with Gasteiger partial charge in [0.2, 0.25) is 5.91 Å². The zero-order valence-electron chi connectivity index (χ0n) is 22.3. The number of likely N-dealkylation sites (tertiary alicyclic amines) is 1. The van der Waals surface area contributed by atoms with Gasteiger partial charge >= 0.3 is 0 Å². The second-order valence-corrected chi connectivity index (χ2v) is 11.8. The van der Waals surface area contributed by atoms with E-state index in [-0.39, 0.29) is 29.3 Å². The summed E-state index contributed by atoms with van der Waals surface area (Å²) in [6.07, 6.45) is 4.00. The second-order valence-electron chi connectivity index (χ2n) is 11.8. The molecule has 0 aliphatic carbocycles. The molecular formula is C29H40FN5O2. The Hall–Kier alpha value is -2.39. The molecule has 2 saturated heterocycles. The molecule has 3 aliphatic heterocycles. The highest BCUT2D eigenvalue weighted by molar-refractivity contribution is 5.97. The Labute approximate surface area is 219 Å². The number of piperidine rings is 1. The maximum atomic E-state index is 13.8. The molecular weight excluding hydrogens is 469 g/mol. The van der Waals surface area contributed by atoms with E-state index < -0.39 is 0 Å². The van der Waals surface area contributed by atoms with Crippen molar-refractivity contribution in [3.8, 4) is 0 Å². The van der Waals surface area contributed by atoms with Gasteiger partial charge in [-0.1, -0.05) is 26.0 Å². The fourth-order valence-corrected chi connectivity index (χ4v) is 6.00. The fraction of sp³-hybridized carbons (Fsp3) is 0.586. The number of nitrogens with one attached hydrogen (secondary N) is 1. The molecule has 7 nitrogen and oxygen atoms in total. The van der Waals surface area contributed by atoms with Gasteiger partial charge in [0.15, 0.2) is 0 Å². The number of benzene rings is 1. The highest BCUT2D eigenvalue weighted by Crippen LogP contribution is 2.39. The maximum absolute atomic E-state index is 13.8. The van der Waals surface area contributed by atoms with E-state index in [0.717, 1.165) is 68.1 Å². The van der Waals surface area contributed by atoms with Crippen LogP contribution in [0.5, 0.6) is 0 Å². The lowest BCUT2D eigenvalue weighted by molar-refractivity contribution is -0.120. The molecule has 4 heterocycles. The number of fused-ring (bicyclic) bond motifs is 1. The predicted molar refractivity (Wildman–Crippen MR) is 143 cm³/mol. The lowest BCUT2D eigenvalue weighted by Gasteiger charge is -2.42. The number of nitrogens with zero attached hydrogens (tertiary/aromatic N) is 4. The van der Waals surface area contributed by atoms with Crippen LogP contribution in [0.1, 0.15) is 50.4 Å². The zero-order chi connectivity index (χ0) is 26.2. The summed E-state index contributed by atoms with van der Waals surface area (Å²) in [6.45, 7) is 11.9. The molecule has 2 aromatic rings. The van der Waals surface area contributed by atoms with Crippen molar-refractivity contribution in [3.63, 3.8) is 0 Å². The Balaban J connectivity index is 1.31. The summed E-state index contributed by atoms with van der Waals surface area (Å²) in [6, 6.07) is 9.23. The first-order valence-corrected chi connectivity index (χ1v) is 13.6. The summed E-state index contributed by atoms with van der Waals surface area (Å²) < 4.78 is 13.3. The number of rotatable bonds is 6. The van der Waals surface area contributed by atoms with Crippen LogP contribution in [0.25, 0.3) is 0 Å². The van der Waals surface area contributed by atoms with Gasteiger partial charge in [0.05, 0.1) is 24.0 Å². The van der Waals surface area contributed by atoms with Gasteiger partial charge in [-0.25, -0.2) is 4.39 Å². The molecule has 1 aromatic heterocycles. The van der Waals surface area contributed by atoms with E-state index in [0.29, 0.717) is 25.6 Å². The average molecular weight is 510 g/mol. The first-order chi connectivity index (χ1) is 17.7. The van der Waals surface area contributed by atoms with E-state index >= 15 is 0 Å². The van der Waals surface area contributed by atoms with E-state index in [2.05, 4.69) is 42.0 Å². The van der Waals surface area contributed by atoms with Crippen molar-refractivity contribution in [1.82, 2.24) is 20.1 Å². The summed E-state index contributed by atoms with van der Waals surface area (Å²) in [7, 11) is 0. The number of anilines is 1. The highest BCUT2D eigenvalue weighted by atomic mass is 19.1. The molecule has 200 valence electrons. The van der Waals surface area contributed by atoms with Crippen molar-refractivity contribution in [2.75, 3.05) is 50.7 Å². The molecule has 0 saturated carbocycles. The number of pyridine rings is 1. The number of aliphatic hydroxyl groups is 1. The number of halogens is 1. The Morgan fingerprint density at radius 3 is 2.65 bits per heavy atom. The van der Waals surface area contributed by atoms with E-state index in [1.165, 1.54) is 12.1 Å². The van der Waals surface area contributed by atoms with Crippen molar-refractivity contribution >= 4 is 11.6 Å². The SMILES string of the molecule is CC1CN(CC(=O)N2CC(C)(C)c3ncc(Cc4ccc(F)cc4)cc32)[C@@H](CN2CCC(O)CC2)CN1. The molecule has 0 bridgehead atoms. The molecule has 5 rings (SSSR count). The van der Waals surface area contributed by atoms with Crippen molar-refractivity contribution in [1.29, 1.82) is 0 Å². The van der Waals surface area contributed by atoms with E-state index in [4.69, 9.17) is 4.98 Å². The molecule has 37 heavy (non-hydrogen) atoms. The lowest BCUT2D eigenvalue weighted by Crippen LogP contribution is -2.61. The van der Waals surface area contributed by atoms with Gasteiger partial charge < -0.3 is 20.2 Å². The fourth-order valence-electron chi connectivity index (χ4n) is 6.00. The Morgan fingerprint density at radius 1 is 1.19 bits per heavy atom. The van der Waals surface area contributed by atoms with Crippen LogP contribution in [0.4, 0.5) is 10.1 Å². The van der Waals surface area contributed by atoms with Gasteiger partial charge in [0.25, 0.3) is 0 Å². The normalized spacial score (nSPS) is 24.8. The summed E-state index contributed by atoms with van der Waals surface area (Å²) in [4.78, 5) is 25.3. The summed E-state index contributed by atoms with van der Waals surface area (Å²) in [5, 5.41) is 13.5. The van der Waals surface area contributed by atoms with E-state index in [1.54, 1.807) is 12.1 Å². The van der Waals surface area contributed by atoms with Crippen LogP contribution in [0.15, 0.2) is 36.5 Å². The molecule has 1 aromatic carbocycles. The Morgan fingerprint density at radius 2 is 1.92 bits per heavy atom. The first kappa shape index (κ1) is 26.2. The van der Waals surface area contributed by atoms with Crippen LogP contribution < -0.4 is 10.2 Å². The Bertz CT molecular complexity index is 1100. The molecule has 8 heteroatoms. The highest BCUT2D eigenvalue weighted by Gasteiger charge is 2.40. The summed E-state index contributed by atoms with van der Waals surface area (Å²) >= 11 is 0. The molecule has 1 unspecified atom stereocenters. The predicted octanol–water partition coefficient (Wildman–Crippen LogP) is 2.55. The molecule has 2 N–H and O–H groups in total. The smallest absolute Gasteiger partial charge is 0.241 e. The molecule has 0 spiro atoms. The number of carbonyl (C=O) groups excluding carboxylic acids is 1. The summed E-state index contributed by atoms with van der Waals surface area (Å²) in [5.74, 6) is -0.131. The number of aromatic nitrogens is 1.